The summed E-state index contributed by atoms with van der Waals surface area (Å²) in [6, 6.07) is 3.34. The van der Waals surface area contributed by atoms with E-state index in [9.17, 15) is 4.39 Å². The van der Waals surface area contributed by atoms with Gasteiger partial charge >= 0.3 is 0 Å². The second kappa shape index (κ2) is 4.91. The quantitative estimate of drug-likeness (QED) is 0.831. The zero-order valence-corrected chi connectivity index (χ0v) is 13.6. The molecule has 1 aromatic rings. The fourth-order valence-corrected chi connectivity index (χ4v) is 3.11. The molecule has 1 heterocycles. The third kappa shape index (κ3) is 2.84. The van der Waals surface area contributed by atoms with Gasteiger partial charge in [0, 0.05) is 17.7 Å². The Hall–Kier alpha value is -0.873. The normalized spacial score (nSPS) is 16.1. The third-order valence-electron chi connectivity index (χ3n) is 4.36. The summed E-state index contributed by atoms with van der Waals surface area (Å²) in [5.41, 5.74) is 1.84. The minimum Gasteiger partial charge on any atom is -0.543 e. The Morgan fingerprint density at radius 1 is 1.21 bits per heavy atom. The van der Waals surface area contributed by atoms with Gasteiger partial charge in [-0.25, -0.2) is 4.39 Å². The van der Waals surface area contributed by atoms with Crippen LogP contribution in [0.3, 0.4) is 0 Å². The standard InChI is InChI=1S/C15H24FNOSi/c1-15(2,3)19(4,5)18-14-7-6-13(16)12-10-17-9-8-11(12)14/h6-7,17H,8-10H2,1-5H3. The summed E-state index contributed by atoms with van der Waals surface area (Å²) >= 11 is 0. The molecule has 0 spiro atoms. The average Bonchev–Trinajstić information content (AvgIpc) is 2.32. The maximum Gasteiger partial charge on any atom is 0.250 e. The number of rotatable bonds is 2. The lowest BCUT2D eigenvalue weighted by Crippen LogP contribution is -2.44. The van der Waals surface area contributed by atoms with Crippen molar-refractivity contribution in [3.8, 4) is 5.75 Å². The smallest absolute Gasteiger partial charge is 0.250 e. The zero-order valence-electron chi connectivity index (χ0n) is 12.6. The van der Waals surface area contributed by atoms with Crippen LogP contribution in [0.1, 0.15) is 31.9 Å². The minimum absolute atomic E-state index is 0.121. The molecular weight excluding hydrogens is 257 g/mol. The molecule has 0 bridgehead atoms. The monoisotopic (exact) mass is 281 g/mol. The molecule has 106 valence electrons. The molecule has 0 amide bonds. The summed E-state index contributed by atoms with van der Waals surface area (Å²) in [6.07, 6.45) is 0.844. The van der Waals surface area contributed by atoms with Gasteiger partial charge < -0.3 is 9.74 Å². The van der Waals surface area contributed by atoms with Crippen LogP contribution in [0.4, 0.5) is 4.39 Å². The summed E-state index contributed by atoms with van der Waals surface area (Å²) < 4.78 is 20.2. The number of halogens is 1. The zero-order chi connectivity index (χ0) is 14.3. The largest absolute Gasteiger partial charge is 0.543 e. The predicted molar refractivity (Wildman–Crippen MR) is 79.6 cm³/mol. The van der Waals surface area contributed by atoms with E-state index in [1.807, 2.05) is 0 Å². The first kappa shape index (κ1) is 14.5. The summed E-state index contributed by atoms with van der Waals surface area (Å²) in [5.74, 6) is 0.772. The topological polar surface area (TPSA) is 21.3 Å². The van der Waals surface area contributed by atoms with E-state index in [1.54, 1.807) is 6.07 Å². The molecule has 0 saturated carbocycles. The van der Waals surface area contributed by atoms with Gasteiger partial charge in [0.2, 0.25) is 8.32 Å². The Morgan fingerprint density at radius 3 is 2.53 bits per heavy atom. The van der Waals surface area contributed by atoms with Crippen molar-refractivity contribution in [1.29, 1.82) is 0 Å². The molecule has 4 heteroatoms. The second-order valence-corrected chi connectivity index (χ2v) is 11.5. The SMILES string of the molecule is CC(C)(C)[Si](C)(C)Oc1ccc(F)c2c1CCNC2. The van der Waals surface area contributed by atoms with E-state index in [1.165, 1.54) is 6.07 Å². The fraction of sp³-hybridized carbons (Fsp3) is 0.600. The maximum absolute atomic E-state index is 13.8. The van der Waals surface area contributed by atoms with Crippen molar-refractivity contribution < 1.29 is 8.82 Å². The van der Waals surface area contributed by atoms with Crippen LogP contribution in [0.15, 0.2) is 12.1 Å². The van der Waals surface area contributed by atoms with Gasteiger partial charge in [0.25, 0.3) is 0 Å². The molecule has 0 aliphatic carbocycles. The van der Waals surface area contributed by atoms with Crippen molar-refractivity contribution in [2.45, 2.75) is 51.9 Å². The van der Waals surface area contributed by atoms with Crippen LogP contribution in [0, 0.1) is 5.82 Å². The average molecular weight is 281 g/mol. The van der Waals surface area contributed by atoms with E-state index in [-0.39, 0.29) is 10.9 Å². The molecule has 2 rings (SSSR count). The van der Waals surface area contributed by atoms with E-state index in [0.29, 0.717) is 6.54 Å². The van der Waals surface area contributed by atoms with E-state index in [4.69, 9.17) is 4.43 Å². The Bertz CT molecular complexity index is 480. The summed E-state index contributed by atoms with van der Waals surface area (Å²) in [6.45, 7) is 12.6. The molecule has 2 nitrogen and oxygen atoms in total. The highest BCUT2D eigenvalue weighted by Gasteiger charge is 2.39. The van der Waals surface area contributed by atoms with Gasteiger partial charge in [-0.1, -0.05) is 20.8 Å². The van der Waals surface area contributed by atoms with Crippen molar-refractivity contribution in [2.24, 2.45) is 0 Å². The van der Waals surface area contributed by atoms with Gasteiger partial charge in [-0.05, 0) is 43.2 Å². The first-order valence-electron chi connectivity index (χ1n) is 6.92. The van der Waals surface area contributed by atoms with E-state index < -0.39 is 8.32 Å². The molecule has 0 unspecified atom stereocenters. The van der Waals surface area contributed by atoms with Crippen LogP contribution >= 0.6 is 0 Å². The molecule has 0 radical (unpaired) electrons. The lowest BCUT2D eigenvalue weighted by atomic mass is 9.99. The number of benzene rings is 1. The van der Waals surface area contributed by atoms with Gasteiger partial charge in [0.15, 0.2) is 0 Å². The second-order valence-electron chi connectivity index (χ2n) is 6.79. The van der Waals surface area contributed by atoms with Crippen molar-refractivity contribution in [3.63, 3.8) is 0 Å². The van der Waals surface area contributed by atoms with Crippen molar-refractivity contribution in [1.82, 2.24) is 5.32 Å². The van der Waals surface area contributed by atoms with Gasteiger partial charge in [-0.15, -0.1) is 0 Å². The number of hydrogen-bond donors (Lipinski definition) is 1. The maximum atomic E-state index is 13.8. The third-order valence-corrected chi connectivity index (χ3v) is 8.70. The van der Waals surface area contributed by atoms with Crippen LogP contribution in [-0.4, -0.2) is 14.9 Å². The van der Waals surface area contributed by atoms with Gasteiger partial charge in [-0.3, -0.25) is 0 Å². The highest BCUT2D eigenvalue weighted by atomic mass is 28.4. The Labute approximate surface area is 116 Å². The summed E-state index contributed by atoms with van der Waals surface area (Å²) in [4.78, 5) is 0. The molecule has 1 N–H and O–H groups in total. The Kier molecular flexibility index (Phi) is 3.75. The van der Waals surface area contributed by atoms with Gasteiger partial charge in [-0.2, -0.15) is 0 Å². The molecule has 1 aliphatic heterocycles. The van der Waals surface area contributed by atoms with Crippen molar-refractivity contribution in [2.75, 3.05) is 6.54 Å². The van der Waals surface area contributed by atoms with Crippen LogP contribution in [0.25, 0.3) is 0 Å². The fourth-order valence-electron chi connectivity index (χ4n) is 2.06. The van der Waals surface area contributed by atoms with Crippen molar-refractivity contribution in [3.05, 3.63) is 29.1 Å². The van der Waals surface area contributed by atoms with Crippen LogP contribution in [-0.2, 0) is 13.0 Å². The lowest BCUT2D eigenvalue weighted by molar-refractivity contribution is 0.474. The van der Waals surface area contributed by atoms with Crippen LogP contribution in [0.5, 0.6) is 5.75 Å². The van der Waals surface area contributed by atoms with Crippen molar-refractivity contribution >= 4 is 8.32 Å². The van der Waals surface area contributed by atoms with Gasteiger partial charge in [0.05, 0.1) is 0 Å². The first-order chi connectivity index (χ1) is 8.72. The molecule has 0 saturated heterocycles. The summed E-state index contributed by atoms with van der Waals surface area (Å²) in [5, 5.41) is 3.37. The first-order valence-corrected chi connectivity index (χ1v) is 9.83. The molecule has 1 aliphatic rings. The molecule has 0 atom stereocenters. The van der Waals surface area contributed by atoms with E-state index >= 15 is 0 Å². The molecule has 19 heavy (non-hydrogen) atoms. The van der Waals surface area contributed by atoms with Gasteiger partial charge in [0.1, 0.15) is 11.6 Å². The number of nitrogens with one attached hydrogen (secondary N) is 1. The lowest BCUT2D eigenvalue weighted by Gasteiger charge is -2.37. The predicted octanol–water partition coefficient (Wildman–Crippen LogP) is 3.86. The van der Waals surface area contributed by atoms with Crippen LogP contribution in [0.2, 0.25) is 18.1 Å². The molecule has 1 aromatic carbocycles. The molecular formula is C15H24FNOSi. The highest BCUT2D eigenvalue weighted by molar-refractivity contribution is 6.74. The van der Waals surface area contributed by atoms with E-state index in [0.717, 1.165) is 29.8 Å². The number of fused-ring (bicyclic) bond motifs is 1. The minimum atomic E-state index is -1.87. The Morgan fingerprint density at radius 2 is 1.89 bits per heavy atom. The van der Waals surface area contributed by atoms with E-state index in [2.05, 4.69) is 39.2 Å². The molecule has 0 fully saturated rings. The molecule has 0 aromatic heterocycles. The van der Waals surface area contributed by atoms with Crippen LogP contribution < -0.4 is 9.74 Å². The number of hydrogen-bond acceptors (Lipinski definition) is 2. The highest BCUT2D eigenvalue weighted by Crippen LogP contribution is 2.39. The Balaban J connectivity index is 2.37. The summed E-state index contributed by atoms with van der Waals surface area (Å²) in [7, 11) is -1.87.